The van der Waals surface area contributed by atoms with Crippen LogP contribution in [0, 0.1) is 0 Å². The average Bonchev–Trinajstić information content (AvgIpc) is 2.82. The summed E-state index contributed by atoms with van der Waals surface area (Å²) >= 11 is 0. The van der Waals surface area contributed by atoms with Crippen molar-refractivity contribution < 1.29 is 0 Å². The number of benzene rings is 1. The van der Waals surface area contributed by atoms with Crippen molar-refractivity contribution in [2.24, 2.45) is 0 Å². The molecule has 0 saturated carbocycles. The van der Waals surface area contributed by atoms with E-state index in [1.54, 1.807) is 0 Å². The lowest BCUT2D eigenvalue weighted by Gasteiger charge is -2.07. The van der Waals surface area contributed by atoms with Crippen LogP contribution >= 0.6 is 0 Å². The normalized spacial score (nSPS) is 11.3. The zero-order chi connectivity index (χ0) is 12.5. The van der Waals surface area contributed by atoms with Gasteiger partial charge in [-0.05, 0) is 41.8 Å². The molecule has 2 nitrogen and oxygen atoms in total. The Morgan fingerprint density at radius 2 is 1.78 bits per heavy atom. The third kappa shape index (κ3) is 1.80. The van der Waals surface area contributed by atoms with Gasteiger partial charge in [-0.3, -0.25) is 4.98 Å². The minimum atomic E-state index is 0.568. The van der Waals surface area contributed by atoms with E-state index < -0.39 is 0 Å². The summed E-state index contributed by atoms with van der Waals surface area (Å²) in [4.78, 5) is 4.06. The summed E-state index contributed by atoms with van der Waals surface area (Å²) in [6, 6.07) is 12.9. The first-order valence-electron chi connectivity index (χ1n) is 6.27. The number of hydrogen-bond donors (Lipinski definition) is 0. The molecular formula is C16H16N2. The molecule has 2 aromatic heterocycles. The highest BCUT2D eigenvalue weighted by Crippen LogP contribution is 2.24. The van der Waals surface area contributed by atoms with Gasteiger partial charge in [0.2, 0.25) is 0 Å². The van der Waals surface area contributed by atoms with Crippen molar-refractivity contribution in [2.45, 2.75) is 19.8 Å². The van der Waals surface area contributed by atoms with Gasteiger partial charge in [0.15, 0.2) is 0 Å². The minimum absolute atomic E-state index is 0.568. The molecule has 0 bridgehead atoms. The Kier molecular flexibility index (Phi) is 2.63. The summed E-state index contributed by atoms with van der Waals surface area (Å²) in [5, 5.41) is 1.29. The fourth-order valence-electron chi connectivity index (χ4n) is 2.25. The van der Waals surface area contributed by atoms with Gasteiger partial charge in [0, 0.05) is 29.7 Å². The predicted octanol–water partition coefficient (Wildman–Crippen LogP) is 4.15. The van der Waals surface area contributed by atoms with E-state index in [0.29, 0.717) is 5.92 Å². The zero-order valence-electron chi connectivity index (χ0n) is 10.7. The van der Waals surface area contributed by atoms with Crippen LogP contribution in [0.1, 0.15) is 25.3 Å². The highest BCUT2D eigenvalue weighted by Gasteiger charge is 2.05. The van der Waals surface area contributed by atoms with Gasteiger partial charge in [0.1, 0.15) is 0 Å². The van der Waals surface area contributed by atoms with Crippen LogP contribution in [0.25, 0.3) is 16.6 Å². The van der Waals surface area contributed by atoms with Crippen molar-refractivity contribution >= 4 is 10.9 Å². The Bertz CT molecular complexity index is 666. The predicted molar refractivity (Wildman–Crippen MR) is 75.2 cm³/mol. The Balaban J connectivity index is 2.16. The molecular weight excluding hydrogens is 220 g/mol. The van der Waals surface area contributed by atoms with Gasteiger partial charge < -0.3 is 4.57 Å². The van der Waals surface area contributed by atoms with Gasteiger partial charge in [0.25, 0.3) is 0 Å². The molecule has 0 aliphatic carbocycles. The molecule has 1 aromatic carbocycles. The smallest absolute Gasteiger partial charge is 0.0528 e. The lowest BCUT2D eigenvalue weighted by atomic mass is 10.0. The van der Waals surface area contributed by atoms with E-state index in [-0.39, 0.29) is 0 Å². The number of nitrogens with zero attached hydrogens (tertiary/aromatic N) is 2. The van der Waals surface area contributed by atoms with Crippen molar-refractivity contribution in [3.8, 4) is 5.69 Å². The summed E-state index contributed by atoms with van der Waals surface area (Å²) in [6.45, 7) is 4.45. The summed E-state index contributed by atoms with van der Waals surface area (Å²) in [5.41, 5.74) is 3.78. The standard InChI is InChI=1S/C16H16N2/c1-12(2)13-3-4-16-14(11-13)7-10-18(16)15-5-8-17-9-6-15/h3-12H,1-2H3. The highest BCUT2D eigenvalue weighted by atomic mass is 15.0. The largest absolute Gasteiger partial charge is 0.316 e. The number of pyridine rings is 1. The van der Waals surface area contributed by atoms with Gasteiger partial charge >= 0.3 is 0 Å². The van der Waals surface area contributed by atoms with Crippen molar-refractivity contribution in [1.29, 1.82) is 0 Å². The Labute approximate surface area is 107 Å². The summed E-state index contributed by atoms with van der Waals surface area (Å²) < 4.78 is 2.20. The maximum absolute atomic E-state index is 4.06. The van der Waals surface area contributed by atoms with Crippen LogP contribution in [0.3, 0.4) is 0 Å². The molecule has 0 N–H and O–H groups in total. The number of aromatic nitrogens is 2. The van der Waals surface area contributed by atoms with Crippen LogP contribution in [0.5, 0.6) is 0 Å². The second-order valence-corrected chi connectivity index (χ2v) is 4.86. The van der Waals surface area contributed by atoms with Gasteiger partial charge in [-0.25, -0.2) is 0 Å². The zero-order valence-corrected chi connectivity index (χ0v) is 10.7. The molecule has 18 heavy (non-hydrogen) atoms. The van der Waals surface area contributed by atoms with Crippen LogP contribution in [0.4, 0.5) is 0 Å². The molecule has 2 heteroatoms. The van der Waals surface area contributed by atoms with Crippen molar-refractivity contribution in [2.75, 3.05) is 0 Å². The molecule has 0 amide bonds. The van der Waals surface area contributed by atoms with Crippen molar-refractivity contribution in [1.82, 2.24) is 9.55 Å². The first kappa shape index (κ1) is 11.0. The SMILES string of the molecule is CC(C)c1ccc2c(ccn2-c2ccncc2)c1. The first-order valence-corrected chi connectivity index (χ1v) is 6.27. The maximum atomic E-state index is 4.06. The van der Waals surface area contributed by atoms with Crippen molar-refractivity contribution in [3.05, 3.63) is 60.6 Å². The van der Waals surface area contributed by atoms with E-state index in [0.717, 1.165) is 5.69 Å². The van der Waals surface area contributed by atoms with Gasteiger partial charge in [-0.1, -0.05) is 19.9 Å². The maximum Gasteiger partial charge on any atom is 0.0528 e. The van der Waals surface area contributed by atoms with E-state index in [1.807, 2.05) is 24.5 Å². The van der Waals surface area contributed by atoms with E-state index in [2.05, 4.69) is 53.9 Å². The Hall–Kier alpha value is -2.09. The fraction of sp³-hybridized carbons (Fsp3) is 0.188. The lowest BCUT2D eigenvalue weighted by Crippen LogP contribution is -1.92. The Morgan fingerprint density at radius 1 is 1.00 bits per heavy atom. The molecule has 0 unspecified atom stereocenters. The van der Waals surface area contributed by atoms with E-state index in [4.69, 9.17) is 0 Å². The number of rotatable bonds is 2. The highest BCUT2D eigenvalue weighted by molar-refractivity contribution is 5.82. The molecule has 2 heterocycles. The van der Waals surface area contributed by atoms with E-state index in [9.17, 15) is 0 Å². The monoisotopic (exact) mass is 236 g/mol. The minimum Gasteiger partial charge on any atom is -0.316 e. The van der Waals surface area contributed by atoms with Crippen LogP contribution in [-0.2, 0) is 0 Å². The molecule has 90 valence electrons. The summed E-state index contributed by atoms with van der Waals surface area (Å²) in [7, 11) is 0. The second-order valence-electron chi connectivity index (χ2n) is 4.86. The number of hydrogen-bond acceptors (Lipinski definition) is 1. The van der Waals surface area contributed by atoms with Crippen LogP contribution in [0.2, 0.25) is 0 Å². The molecule has 0 saturated heterocycles. The van der Waals surface area contributed by atoms with Crippen LogP contribution < -0.4 is 0 Å². The van der Waals surface area contributed by atoms with Crippen LogP contribution in [-0.4, -0.2) is 9.55 Å². The molecule has 0 spiro atoms. The van der Waals surface area contributed by atoms with E-state index in [1.165, 1.54) is 16.5 Å². The topological polar surface area (TPSA) is 17.8 Å². The first-order chi connectivity index (χ1) is 8.75. The van der Waals surface area contributed by atoms with Crippen molar-refractivity contribution in [3.63, 3.8) is 0 Å². The third-order valence-electron chi connectivity index (χ3n) is 3.32. The molecule has 0 radical (unpaired) electrons. The summed E-state index contributed by atoms with van der Waals surface area (Å²) in [5.74, 6) is 0.568. The quantitative estimate of drug-likeness (QED) is 0.653. The molecule has 0 aliphatic heterocycles. The molecule has 3 rings (SSSR count). The van der Waals surface area contributed by atoms with E-state index >= 15 is 0 Å². The lowest BCUT2D eigenvalue weighted by molar-refractivity contribution is 0.868. The fourth-order valence-corrected chi connectivity index (χ4v) is 2.25. The molecule has 0 aliphatic rings. The summed E-state index contributed by atoms with van der Waals surface area (Å²) in [6.07, 6.45) is 5.76. The van der Waals surface area contributed by atoms with Gasteiger partial charge in [-0.2, -0.15) is 0 Å². The van der Waals surface area contributed by atoms with Crippen LogP contribution in [0.15, 0.2) is 55.0 Å². The average molecular weight is 236 g/mol. The van der Waals surface area contributed by atoms with Gasteiger partial charge in [-0.15, -0.1) is 0 Å². The third-order valence-corrected chi connectivity index (χ3v) is 3.32. The second kappa shape index (κ2) is 4.30. The van der Waals surface area contributed by atoms with Gasteiger partial charge in [0.05, 0.1) is 5.52 Å². The molecule has 0 fully saturated rings. The molecule has 0 atom stereocenters. The molecule has 3 aromatic rings. The number of fused-ring (bicyclic) bond motifs is 1. The Morgan fingerprint density at radius 3 is 2.50 bits per heavy atom.